The normalized spacial score (nSPS) is 12.4. The van der Waals surface area contributed by atoms with Crippen molar-refractivity contribution in [3.63, 3.8) is 0 Å². The van der Waals surface area contributed by atoms with Crippen LogP contribution in [0.1, 0.15) is 5.56 Å². The van der Waals surface area contributed by atoms with E-state index in [0.29, 0.717) is 12.2 Å². The van der Waals surface area contributed by atoms with Gasteiger partial charge in [-0.05, 0) is 36.2 Å². The molecule has 0 saturated carbocycles. The van der Waals surface area contributed by atoms with Gasteiger partial charge in [0.05, 0.1) is 11.1 Å². The second-order valence-electron chi connectivity index (χ2n) is 4.23. The Kier molecular flexibility index (Phi) is 5.76. The molecule has 2 aromatic carbocycles. The number of benzene rings is 2. The number of aliphatic hydroxyl groups is 1. The molecule has 0 heterocycles. The van der Waals surface area contributed by atoms with E-state index in [1.54, 1.807) is 11.8 Å². The lowest BCUT2D eigenvalue weighted by Gasteiger charge is -2.11. The summed E-state index contributed by atoms with van der Waals surface area (Å²) in [5.41, 5.74) is 1.13. The zero-order valence-corrected chi connectivity index (χ0v) is 13.4. The molecule has 0 aromatic heterocycles. The minimum atomic E-state index is -0.379. The zero-order chi connectivity index (χ0) is 13.7. The molecule has 19 heavy (non-hydrogen) atoms. The number of thioether (sulfide) groups is 1. The van der Waals surface area contributed by atoms with Crippen molar-refractivity contribution < 1.29 is 5.11 Å². The molecule has 0 aliphatic carbocycles. The van der Waals surface area contributed by atoms with Gasteiger partial charge in [0.25, 0.3) is 0 Å². The first kappa shape index (κ1) is 14.9. The van der Waals surface area contributed by atoms with Gasteiger partial charge in [-0.1, -0.05) is 51.8 Å². The highest BCUT2D eigenvalue weighted by Gasteiger charge is 2.08. The van der Waals surface area contributed by atoms with Crippen LogP contribution in [0.5, 0.6) is 0 Å². The van der Waals surface area contributed by atoms with Crippen molar-refractivity contribution in [1.29, 1.82) is 0 Å². The zero-order valence-electron chi connectivity index (χ0n) is 10.2. The van der Waals surface area contributed by atoms with E-state index in [1.807, 2.05) is 48.5 Å². The largest absolute Gasteiger partial charge is 0.392 e. The third kappa shape index (κ3) is 4.84. The van der Waals surface area contributed by atoms with Crippen LogP contribution in [0.3, 0.4) is 0 Å². The smallest absolute Gasteiger partial charge is 0.0674 e. The van der Waals surface area contributed by atoms with Gasteiger partial charge in [0.15, 0.2) is 0 Å². The Morgan fingerprint density at radius 2 is 1.95 bits per heavy atom. The van der Waals surface area contributed by atoms with Crippen molar-refractivity contribution in [3.05, 3.63) is 63.6 Å². The Morgan fingerprint density at radius 1 is 1.16 bits per heavy atom. The van der Waals surface area contributed by atoms with Crippen LogP contribution in [0.25, 0.3) is 0 Å². The summed E-state index contributed by atoms with van der Waals surface area (Å²) >= 11 is 11.1. The Bertz CT molecular complexity index is 547. The van der Waals surface area contributed by atoms with Crippen LogP contribution >= 0.6 is 39.3 Å². The number of aliphatic hydroxyl groups excluding tert-OH is 1. The lowest BCUT2D eigenvalue weighted by atomic mass is 10.1. The highest BCUT2D eigenvalue weighted by atomic mass is 79.9. The maximum absolute atomic E-state index is 10.1. The van der Waals surface area contributed by atoms with Crippen molar-refractivity contribution >= 4 is 39.3 Å². The summed E-state index contributed by atoms with van der Waals surface area (Å²) in [6.45, 7) is 0. The second kappa shape index (κ2) is 7.34. The molecule has 0 aliphatic heterocycles. The summed E-state index contributed by atoms with van der Waals surface area (Å²) in [4.78, 5) is 1.01. The number of rotatable bonds is 5. The van der Waals surface area contributed by atoms with Gasteiger partial charge < -0.3 is 5.11 Å². The Morgan fingerprint density at radius 3 is 2.68 bits per heavy atom. The Balaban J connectivity index is 1.88. The van der Waals surface area contributed by atoms with Gasteiger partial charge in [-0.25, -0.2) is 0 Å². The predicted octanol–water partition coefficient (Wildman–Crippen LogP) is 4.80. The summed E-state index contributed by atoms with van der Waals surface area (Å²) in [6.07, 6.45) is 0.271. The van der Waals surface area contributed by atoms with Crippen molar-refractivity contribution in [2.45, 2.75) is 17.4 Å². The van der Waals surface area contributed by atoms with Gasteiger partial charge in [-0.2, -0.15) is 0 Å². The molecule has 2 rings (SSSR count). The van der Waals surface area contributed by atoms with E-state index in [4.69, 9.17) is 11.6 Å². The Hall–Kier alpha value is -0.480. The number of hydrogen-bond donors (Lipinski definition) is 1. The molecule has 1 atom stereocenters. The fraction of sp³-hybridized carbons (Fsp3) is 0.200. The van der Waals surface area contributed by atoms with E-state index in [1.165, 1.54) is 0 Å². The van der Waals surface area contributed by atoms with Crippen molar-refractivity contribution in [1.82, 2.24) is 0 Å². The lowest BCUT2D eigenvalue weighted by molar-refractivity contribution is 0.200. The van der Waals surface area contributed by atoms with E-state index in [-0.39, 0.29) is 6.10 Å². The molecule has 0 aliphatic rings. The van der Waals surface area contributed by atoms with Gasteiger partial charge in [0, 0.05) is 15.1 Å². The molecule has 0 radical (unpaired) electrons. The first-order valence-electron chi connectivity index (χ1n) is 5.95. The van der Waals surface area contributed by atoms with E-state index >= 15 is 0 Å². The minimum Gasteiger partial charge on any atom is -0.392 e. The molecular formula is C15H14BrClOS. The molecule has 0 amide bonds. The quantitative estimate of drug-likeness (QED) is 0.776. The maximum atomic E-state index is 10.1. The van der Waals surface area contributed by atoms with Crippen LogP contribution in [0, 0.1) is 0 Å². The fourth-order valence-corrected chi connectivity index (χ4v) is 3.36. The van der Waals surface area contributed by atoms with E-state index in [9.17, 15) is 5.11 Å². The minimum absolute atomic E-state index is 0.379. The van der Waals surface area contributed by atoms with E-state index in [2.05, 4.69) is 15.9 Å². The molecule has 4 heteroatoms. The monoisotopic (exact) mass is 356 g/mol. The molecule has 0 spiro atoms. The van der Waals surface area contributed by atoms with Gasteiger partial charge in [0.2, 0.25) is 0 Å². The summed E-state index contributed by atoms with van der Waals surface area (Å²) < 4.78 is 1.04. The van der Waals surface area contributed by atoms with Gasteiger partial charge in [-0.15, -0.1) is 11.8 Å². The van der Waals surface area contributed by atoms with Crippen molar-refractivity contribution in [3.8, 4) is 0 Å². The second-order valence-corrected chi connectivity index (χ2v) is 6.61. The lowest BCUT2D eigenvalue weighted by Crippen LogP contribution is -2.13. The molecule has 0 bridgehead atoms. The maximum Gasteiger partial charge on any atom is 0.0674 e. The highest BCUT2D eigenvalue weighted by Crippen LogP contribution is 2.27. The van der Waals surface area contributed by atoms with Gasteiger partial charge >= 0.3 is 0 Å². The van der Waals surface area contributed by atoms with Crippen LogP contribution in [0.2, 0.25) is 5.02 Å². The standard InChI is InChI=1S/C15H14BrClOS/c16-12-5-3-4-11(8-12)9-13(18)10-19-15-7-2-1-6-14(15)17/h1-8,13,18H,9-10H2. The molecule has 0 saturated heterocycles. The summed E-state index contributed by atoms with van der Waals surface area (Å²) in [5.74, 6) is 0.635. The molecular weight excluding hydrogens is 344 g/mol. The Labute approximate surface area is 131 Å². The first-order valence-corrected chi connectivity index (χ1v) is 8.10. The average molecular weight is 358 g/mol. The number of halogens is 2. The molecule has 100 valence electrons. The molecule has 1 nitrogen and oxygen atoms in total. The molecule has 0 fully saturated rings. The summed E-state index contributed by atoms with van der Waals surface area (Å²) in [7, 11) is 0. The molecule has 2 aromatic rings. The van der Waals surface area contributed by atoms with Crippen LogP contribution in [-0.2, 0) is 6.42 Å². The first-order chi connectivity index (χ1) is 9.15. The third-order valence-electron chi connectivity index (χ3n) is 2.63. The van der Waals surface area contributed by atoms with Crippen LogP contribution in [-0.4, -0.2) is 17.0 Å². The SMILES string of the molecule is OC(CSc1ccccc1Cl)Cc1cccc(Br)c1. The van der Waals surface area contributed by atoms with E-state index < -0.39 is 0 Å². The van der Waals surface area contributed by atoms with Crippen LogP contribution in [0.4, 0.5) is 0 Å². The van der Waals surface area contributed by atoms with Crippen molar-refractivity contribution in [2.24, 2.45) is 0 Å². The fourth-order valence-electron chi connectivity index (χ4n) is 1.74. The molecule has 1 N–H and O–H groups in total. The number of hydrogen-bond acceptors (Lipinski definition) is 2. The predicted molar refractivity (Wildman–Crippen MR) is 86.0 cm³/mol. The van der Waals surface area contributed by atoms with Crippen LogP contribution < -0.4 is 0 Å². The van der Waals surface area contributed by atoms with E-state index in [0.717, 1.165) is 20.0 Å². The third-order valence-corrected chi connectivity index (χ3v) is 4.78. The van der Waals surface area contributed by atoms with Gasteiger partial charge in [0.1, 0.15) is 0 Å². The van der Waals surface area contributed by atoms with Crippen molar-refractivity contribution in [2.75, 3.05) is 5.75 Å². The van der Waals surface area contributed by atoms with Gasteiger partial charge in [-0.3, -0.25) is 0 Å². The summed E-state index contributed by atoms with van der Waals surface area (Å²) in [5, 5.41) is 10.8. The topological polar surface area (TPSA) is 20.2 Å². The highest BCUT2D eigenvalue weighted by molar-refractivity contribution is 9.10. The molecule has 1 unspecified atom stereocenters. The summed E-state index contributed by atoms with van der Waals surface area (Å²) in [6, 6.07) is 15.7. The van der Waals surface area contributed by atoms with Crippen LogP contribution in [0.15, 0.2) is 57.9 Å². The average Bonchev–Trinajstić information content (AvgIpc) is 2.38.